The second kappa shape index (κ2) is 6.02. The molecule has 0 aliphatic rings. The van der Waals surface area contributed by atoms with E-state index in [1.165, 1.54) is 0 Å². The molecule has 1 N–H and O–H groups in total. The van der Waals surface area contributed by atoms with Gasteiger partial charge in [0.25, 0.3) is 0 Å². The summed E-state index contributed by atoms with van der Waals surface area (Å²) in [6.07, 6.45) is 1.05. The molecule has 0 amide bonds. The molecule has 0 aliphatic heterocycles. The van der Waals surface area contributed by atoms with Gasteiger partial charge in [-0.15, -0.1) is 0 Å². The highest BCUT2D eigenvalue weighted by Gasteiger charge is 2.05. The quantitative estimate of drug-likeness (QED) is 0.815. The summed E-state index contributed by atoms with van der Waals surface area (Å²) >= 11 is 5.97. The molecule has 1 atom stereocenters. The highest BCUT2D eigenvalue weighted by atomic mass is 35.5. The zero-order valence-electron chi connectivity index (χ0n) is 8.24. The maximum atomic E-state index is 9.43. The SMILES string of the molecule is COCC(O)CCc1ccccc1Cl. The zero-order valence-corrected chi connectivity index (χ0v) is 9.00. The standard InChI is InChI=1S/C11H15ClO2/c1-14-8-10(13)7-6-9-4-2-3-5-11(9)12/h2-5,10,13H,6-8H2,1H3. The Morgan fingerprint density at radius 2 is 2.14 bits per heavy atom. The van der Waals surface area contributed by atoms with E-state index in [-0.39, 0.29) is 0 Å². The molecule has 1 aromatic carbocycles. The molecule has 0 aromatic heterocycles. The molecule has 0 saturated heterocycles. The first-order valence-electron chi connectivity index (χ1n) is 4.64. The van der Waals surface area contributed by atoms with Gasteiger partial charge >= 0.3 is 0 Å². The molecule has 2 nitrogen and oxygen atoms in total. The van der Waals surface area contributed by atoms with E-state index in [0.717, 1.165) is 17.0 Å². The molecule has 1 aromatic rings. The Morgan fingerprint density at radius 3 is 2.79 bits per heavy atom. The van der Waals surface area contributed by atoms with E-state index in [4.69, 9.17) is 16.3 Å². The summed E-state index contributed by atoms with van der Waals surface area (Å²) < 4.78 is 4.84. The molecular weight excluding hydrogens is 200 g/mol. The van der Waals surface area contributed by atoms with Crippen molar-refractivity contribution in [1.29, 1.82) is 0 Å². The number of halogens is 1. The van der Waals surface area contributed by atoms with Gasteiger partial charge in [0, 0.05) is 12.1 Å². The van der Waals surface area contributed by atoms with Gasteiger partial charge in [-0.1, -0.05) is 29.8 Å². The minimum absolute atomic E-state index is 0.379. The van der Waals surface area contributed by atoms with Crippen LogP contribution in [-0.2, 0) is 11.2 Å². The van der Waals surface area contributed by atoms with Crippen LogP contribution >= 0.6 is 11.6 Å². The number of hydrogen-bond acceptors (Lipinski definition) is 2. The average molecular weight is 215 g/mol. The molecular formula is C11H15ClO2. The van der Waals surface area contributed by atoms with Crippen molar-refractivity contribution in [3.8, 4) is 0 Å². The molecule has 0 saturated carbocycles. The van der Waals surface area contributed by atoms with Gasteiger partial charge in [0.1, 0.15) is 0 Å². The fourth-order valence-corrected chi connectivity index (χ4v) is 1.53. The third-order valence-corrected chi connectivity index (χ3v) is 2.43. The van der Waals surface area contributed by atoms with E-state index >= 15 is 0 Å². The lowest BCUT2D eigenvalue weighted by atomic mass is 10.1. The fourth-order valence-electron chi connectivity index (χ4n) is 1.30. The Hall–Kier alpha value is -0.570. The topological polar surface area (TPSA) is 29.5 Å². The van der Waals surface area contributed by atoms with E-state index in [9.17, 15) is 5.11 Å². The van der Waals surface area contributed by atoms with E-state index in [1.54, 1.807) is 7.11 Å². The van der Waals surface area contributed by atoms with Gasteiger partial charge in [-0.2, -0.15) is 0 Å². The van der Waals surface area contributed by atoms with Gasteiger partial charge in [0.2, 0.25) is 0 Å². The van der Waals surface area contributed by atoms with Gasteiger partial charge in [-0.3, -0.25) is 0 Å². The molecule has 1 rings (SSSR count). The van der Waals surface area contributed by atoms with E-state index in [1.807, 2.05) is 24.3 Å². The molecule has 0 aliphatic carbocycles. The van der Waals surface area contributed by atoms with Crippen LogP contribution in [0.2, 0.25) is 5.02 Å². The summed E-state index contributed by atoms with van der Waals surface area (Å²) in [5, 5.41) is 10.2. The zero-order chi connectivity index (χ0) is 10.4. The van der Waals surface area contributed by atoms with E-state index in [2.05, 4.69) is 0 Å². The third-order valence-electron chi connectivity index (χ3n) is 2.06. The number of rotatable bonds is 5. The van der Waals surface area contributed by atoms with Crippen LogP contribution in [0.4, 0.5) is 0 Å². The van der Waals surface area contributed by atoms with Gasteiger partial charge < -0.3 is 9.84 Å². The van der Waals surface area contributed by atoms with Crippen LogP contribution in [0.25, 0.3) is 0 Å². The summed E-state index contributed by atoms with van der Waals surface area (Å²) in [5.74, 6) is 0. The number of aliphatic hydroxyl groups is 1. The summed E-state index contributed by atoms with van der Waals surface area (Å²) in [6, 6.07) is 7.68. The van der Waals surface area contributed by atoms with Crippen molar-refractivity contribution >= 4 is 11.6 Å². The lowest BCUT2D eigenvalue weighted by Gasteiger charge is -2.09. The Labute approximate surface area is 89.5 Å². The van der Waals surface area contributed by atoms with Crippen molar-refractivity contribution in [1.82, 2.24) is 0 Å². The predicted molar refractivity (Wildman–Crippen MR) is 57.7 cm³/mol. The molecule has 0 heterocycles. The molecule has 1 unspecified atom stereocenters. The third kappa shape index (κ3) is 3.66. The molecule has 3 heteroatoms. The Bertz CT molecular complexity index is 276. The molecule has 0 fully saturated rings. The number of methoxy groups -OCH3 is 1. The van der Waals surface area contributed by atoms with Crippen LogP contribution in [-0.4, -0.2) is 24.9 Å². The fraction of sp³-hybridized carbons (Fsp3) is 0.455. The number of aryl methyl sites for hydroxylation is 1. The van der Waals surface area contributed by atoms with Crippen LogP contribution < -0.4 is 0 Å². The van der Waals surface area contributed by atoms with Crippen molar-refractivity contribution in [3.63, 3.8) is 0 Å². The van der Waals surface area contributed by atoms with Gasteiger partial charge in [-0.05, 0) is 24.5 Å². The van der Waals surface area contributed by atoms with Crippen molar-refractivity contribution in [2.24, 2.45) is 0 Å². The van der Waals surface area contributed by atoms with Crippen LogP contribution in [0.15, 0.2) is 24.3 Å². The summed E-state index contributed by atoms with van der Waals surface area (Å²) in [5.41, 5.74) is 1.07. The first-order chi connectivity index (χ1) is 6.74. The molecule has 78 valence electrons. The van der Waals surface area contributed by atoms with Gasteiger partial charge in [0.05, 0.1) is 12.7 Å². The molecule has 14 heavy (non-hydrogen) atoms. The second-order valence-corrected chi connectivity index (χ2v) is 3.65. The smallest absolute Gasteiger partial charge is 0.0776 e. The first kappa shape index (κ1) is 11.5. The normalized spacial score (nSPS) is 12.8. The number of aliphatic hydroxyl groups excluding tert-OH is 1. The largest absolute Gasteiger partial charge is 0.391 e. The Balaban J connectivity index is 2.41. The minimum Gasteiger partial charge on any atom is -0.391 e. The van der Waals surface area contributed by atoms with Crippen molar-refractivity contribution in [2.45, 2.75) is 18.9 Å². The lowest BCUT2D eigenvalue weighted by Crippen LogP contribution is -2.14. The predicted octanol–water partition coefficient (Wildman–Crippen LogP) is 2.28. The Morgan fingerprint density at radius 1 is 1.43 bits per heavy atom. The minimum atomic E-state index is -0.406. The molecule has 0 radical (unpaired) electrons. The van der Waals surface area contributed by atoms with Crippen molar-refractivity contribution in [2.75, 3.05) is 13.7 Å². The highest BCUT2D eigenvalue weighted by molar-refractivity contribution is 6.31. The van der Waals surface area contributed by atoms with Crippen LogP contribution in [0.1, 0.15) is 12.0 Å². The number of benzene rings is 1. The van der Waals surface area contributed by atoms with Crippen LogP contribution in [0.3, 0.4) is 0 Å². The maximum Gasteiger partial charge on any atom is 0.0776 e. The highest BCUT2D eigenvalue weighted by Crippen LogP contribution is 2.17. The summed E-state index contributed by atoms with van der Waals surface area (Å²) in [6.45, 7) is 0.379. The maximum absolute atomic E-state index is 9.43. The van der Waals surface area contributed by atoms with Gasteiger partial charge in [-0.25, -0.2) is 0 Å². The Kier molecular flexibility index (Phi) is 4.94. The summed E-state index contributed by atoms with van der Waals surface area (Å²) in [4.78, 5) is 0. The van der Waals surface area contributed by atoms with Crippen molar-refractivity contribution < 1.29 is 9.84 Å². The second-order valence-electron chi connectivity index (χ2n) is 3.24. The average Bonchev–Trinajstić information content (AvgIpc) is 2.17. The van der Waals surface area contributed by atoms with Crippen molar-refractivity contribution in [3.05, 3.63) is 34.9 Å². The van der Waals surface area contributed by atoms with E-state index in [0.29, 0.717) is 13.0 Å². The number of hydrogen-bond donors (Lipinski definition) is 1. The first-order valence-corrected chi connectivity index (χ1v) is 5.02. The van der Waals surface area contributed by atoms with Crippen LogP contribution in [0, 0.1) is 0 Å². The number of ether oxygens (including phenoxy) is 1. The van der Waals surface area contributed by atoms with Crippen LogP contribution in [0.5, 0.6) is 0 Å². The lowest BCUT2D eigenvalue weighted by molar-refractivity contribution is 0.0595. The van der Waals surface area contributed by atoms with Gasteiger partial charge in [0.15, 0.2) is 0 Å². The molecule has 0 bridgehead atoms. The monoisotopic (exact) mass is 214 g/mol. The molecule has 0 spiro atoms. The van der Waals surface area contributed by atoms with E-state index < -0.39 is 6.10 Å². The summed E-state index contributed by atoms with van der Waals surface area (Å²) in [7, 11) is 1.58.